The van der Waals surface area contributed by atoms with Crippen LogP contribution in [0.25, 0.3) is 0 Å². The van der Waals surface area contributed by atoms with Crippen molar-refractivity contribution < 1.29 is 54.9 Å². The second-order valence-electron chi connectivity index (χ2n) is 9.11. The lowest BCUT2D eigenvalue weighted by atomic mass is 10.0. The summed E-state index contributed by atoms with van der Waals surface area (Å²) in [7, 11) is 0. The Morgan fingerprint density at radius 3 is 2.19 bits per heavy atom. The van der Waals surface area contributed by atoms with Crippen LogP contribution in [-0.2, 0) is 16.0 Å². The largest absolute Gasteiger partial charge is 0.492 e. The molecule has 0 saturated carbocycles. The highest BCUT2D eigenvalue weighted by Crippen LogP contribution is 2.48. The smallest absolute Gasteiger partial charge is 0.459 e. The van der Waals surface area contributed by atoms with Gasteiger partial charge in [-0.25, -0.2) is 9.59 Å². The molecule has 15 heteroatoms. The number of rotatable bonds is 16. The highest BCUT2D eigenvalue weighted by atomic mass is 35.5. The van der Waals surface area contributed by atoms with Gasteiger partial charge < -0.3 is 24.8 Å². The molecule has 1 unspecified atom stereocenters. The van der Waals surface area contributed by atoms with E-state index in [0.29, 0.717) is 11.3 Å². The lowest BCUT2D eigenvalue weighted by molar-refractivity contribution is -0.355. The molecule has 0 aliphatic rings. The molecule has 0 aliphatic carbocycles. The first-order valence-electron chi connectivity index (χ1n) is 12.8. The van der Waals surface area contributed by atoms with E-state index >= 15 is 0 Å². The molecule has 42 heavy (non-hydrogen) atoms. The van der Waals surface area contributed by atoms with Crippen molar-refractivity contribution >= 4 is 29.3 Å². The summed E-state index contributed by atoms with van der Waals surface area (Å²) in [6, 6.07) is 11.9. The highest BCUT2D eigenvalue weighted by Gasteiger charge is 2.72. The van der Waals surface area contributed by atoms with E-state index < -0.39 is 49.0 Å². The summed E-state index contributed by atoms with van der Waals surface area (Å²) in [6.07, 6.45) is -10.1. The zero-order chi connectivity index (χ0) is 31.6. The molecule has 0 fully saturated rings. The van der Waals surface area contributed by atoms with E-state index in [0.717, 1.165) is 4.90 Å². The Morgan fingerprint density at radius 1 is 0.976 bits per heavy atom. The number of hydrogen-bond acceptors (Lipinski definition) is 4. The van der Waals surface area contributed by atoms with E-state index in [1.807, 2.05) is 0 Å². The number of unbranched alkanes of at least 4 members (excludes halogenated alkanes) is 1. The predicted octanol–water partition coefficient (Wildman–Crippen LogP) is 7.29. The van der Waals surface area contributed by atoms with Gasteiger partial charge in [0.1, 0.15) is 12.4 Å². The van der Waals surface area contributed by atoms with Gasteiger partial charge in [-0.3, -0.25) is 0 Å². The third-order valence-electron chi connectivity index (χ3n) is 6.00. The van der Waals surface area contributed by atoms with Gasteiger partial charge in [-0.05, 0) is 49.6 Å². The summed E-state index contributed by atoms with van der Waals surface area (Å²) < 4.78 is 102. The molecule has 0 saturated heterocycles. The lowest BCUT2D eigenvalue weighted by Gasteiger charge is -2.28. The normalized spacial score (nSPS) is 13.0. The number of nitrogens with one attached hydrogen (secondary N) is 1. The van der Waals surface area contributed by atoms with Crippen molar-refractivity contribution in [2.45, 2.75) is 56.7 Å². The van der Waals surface area contributed by atoms with Gasteiger partial charge in [0.25, 0.3) is 0 Å². The lowest BCUT2D eigenvalue weighted by Crippen LogP contribution is -2.51. The van der Waals surface area contributed by atoms with Gasteiger partial charge in [0.15, 0.2) is 6.10 Å². The number of para-hydroxylation sites is 1. The molecule has 0 radical (unpaired) electrons. The number of amides is 2. The van der Waals surface area contributed by atoms with Crippen molar-refractivity contribution in [1.29, 1.82) is 0 Å². The van der Waals surface area contributed by atoms with E-state index in [-0.39, 0.29) is 49.9 Å². The number of benzene rings is 2. The molecular formula is C27H30ClF7N2O5. The summed E-state index contributed by atoms with van der Waals surface area (Å²) in [6.45, 7) is 1.42. The number of anilines is 1. The van der Waals surface area contributed by atoms with Crippen molar-refractivity contribution in [2.24, 2.45) is 0 Å². The number of carbonyl (C=O) groups is 2. The number of carboxylic acids is 1. The first-order chi connectivity index (χ1) is 19.6. The van der Waals surface area contributed by atoms with Crippen molar-refractivity contribution in [3.63, 3.8) is 0 Å². The number of halogens is 8. The molecule has 0 spiro atoms. The van der Waals surface area contributed by atoms with Gasteiger partial charge in [0.05, 0.1) is 17.3 Å². The number of hydrogen-bond donors (Lipinski definition) is 2. The average Bonchev–Trinajstić information content (AvgIpc) is 2.91. The molecule has 2 amide bonds. The maximum atomic E-state index is 13.6. The van der Waals surface area contributed by atoms with E-state index in [2.05, 4.69) is 5.32 Å². The number of ether oxygens (including phenoxy) is 2. The van der Waals surface area contributed by atoms with Gasteiger partial charge in [-0.2, -0.15) is 30.7 Å². The molecule has 2 rings (SSSR count). The minimum Gasteiger partial charge on any atom is -0.492 e. The van der Waals surface area contributed by atoms with Gasteiger partial charge >= 0.3 is 30.0 Å². The average molecular weight is 631 g/mol. The summed E-state index contributed by atoms with van der Waals surface area (Å²) in [5, 5.41) is 11.9. The van der Waals surface area contributed by atoms with Crippen LogP contribution in [-0.4, -0.2) is 72.4 Å². The van der Waals surface area contributed by atoms with Gasteiger partial charge in [-0.15, -0.1) is 0 Å². The standard InChI is InChI=1S/C27H30ClF7N2O5/c1-2-41-22(23(38)39)17-18-9-11-19(12-10-18)42-16-15-37(24(40)36-21-8-4-3-7-20(21)28)14-6-5-13-25(29,30)26(31,32)27(33,34)35/h3-4,7-12,22H,2,5-6,13-17H2,1H3,(H,36,40)(H,38,39). The van der Waals surface area contributed by atoms with Crippen LogP contribution in [0.2, 0.25) is 5.02 Å². The summed E-state index contributed by atoms with van der Waals surface area (Å²) in [4.78, 5) is 25.3. The second kappa shape index (κ2) is 15.3. The molecule has 2 N–H and O–H groups in total. The summed E-state index contributed by atoms with van der Waals surface area (Å²) in [5.41, 5.74) is 0.894. The van der Waals surface area contributed by atoms with Crippen LogP contribution in [0, 0.1) is 0 Å². The molecule has 1 atom stereocenters. The minimum absolute atomic E-state index is 0.103. The second-order valence-corrected chi connectivity index (χ2v) is 9.52. The van der Waals surface area contributed by atoms with Crippen molar-refractivity contribution in [3.05, 3.63) is 59.1 Å². The van der Waals surface area contributed by atoms with E-state index in [4.69, 9.17) is 21.1 Å². The highest BCUT2D eigenvalue weighted by molar-refractivity contribution is 6.33. The molecule has 0 heterocycles. The minimum atomic E-state index is -6.41. The first kappa shape index (κ1) is 34.9. The fraction of sp³-hybridized carbons (Fsp3) is 0.481. The monoisotopic (exact) mass is 630 g/mol. The first-order valence-corrected chi connectivity index (χ1v) is 13.2. The van der Waals surface area contributed by atoms with Crippen LogP contribution in [0.15, 0.2) is 48.5 Å². The van der Waals surface area contributed by atoms with Crippen LogP contribution in [0.3, 0.4) is 0 Å². The van der Waals surface area contributed by atoms with Gasteiger partial charge in [0, 0.05) is 26.0 Å². The molecule has 2 aromatic rings. The van der Waals surface area contributed by atoms with Crippen LogP contribution >= 0.6 is 11.6 Å². The van der Waals surface area contributed by atoms with Gasteiger partial charge in [-0.1, -0.05) is 35.9 Å². The predicted molar refractivity (Wildman–Crippen MR) is 141 cm³/mol. The quantitative estimate of drug-likeness (QED) is 0.150. The zero-order valence-corrected chi connectivity index (χ0v) is 23.2. The van der Waals surface area contributed by atoms with Crippen LogP contribution < -0.4 is 10.1 Å². The third-order valence-corrected chi connectivity index (χ3v) is 6.33. The molecular weight excluding hydrogens is 601 g/mol. The maximum Gasteiger partial charge on any atom is 0.459 e. The van der Waals surface area contributed by atoms with Crippen LogP contribution in [0.5, 0.6) is 5.75 Å². The number of nitrogens with zero attached hydrogens (tertiary/aromatic N) is 1. The number of aliphatic carboxylic acids is 1. The van der Waals surface area contributed by atoms with E-state index in [9.17, 15) is 45.4 Å². The molecule has 0 aliphatic heterocycles. The van der Waals surface area contributed by atoms with E-state index in [1.165, 1.54) is 12.1 Å². The van der Waals surface area contributed by atoms with Crippen LogP contribution in [0.1, 0.15) is 31.7 Å². The Morgan fingerprint density at radius 2 is 1.62 bits per heavy atom. The Labute approximate surface area is 242 Å². The number of carbonyl (C=O) groups excluding carboxylic acids is 1. The Hall–Kier alpha value is -3.26. The molecule has 0 bridgehead atoms. The Kier molecular flexibility index (Phi) is 12.7. The maximum absolute atomic E-state index is 13.6. The number of carboxylic acid groups (broad SMARTS) is 1. The zero-order valence-electron chi connectivity index (χ0n) is 22.4. The van der Waals surface area contributed by atoms with Crippen molar-refractivity contribution in [2.75, 3.05) is 31.6 Å². The SMILES string of the molecule is CCOC(Cc1ccc(OCCN(CCCCC(F)(F)C(F)(F)C(F)(F)F)C(=O)Nc2ccccc2Cl)cc1)C(=O)O. The summed E-state index contributed by atoms with van der Waals surface area (Å²) in [5.74, 6) is -12.3. The van der Waals surface area contributed by atoms with Crippen molar-refractivity contribution in [3.8, 4) is 5.75 Å². The third kappa shape index (κ3) is 9.93. The molecule has 2 aromatic carbocycles. The fourth-order valence-electron chi connectivity index (χ4n) is 3.71. The summed E-state index contributed by atoms with van der Waals surface area (Å²) >= 11 is 6.05. The molecule has 0 aromatic heterocycles. The molecule has 234 valence electrons. The van der Waals surface area contributed by atoms with Crippen molar-refractivity contribution in [1.82, 2.24) is 4.90 Å². The Bertz CT molecular complexity index is 1170. The molecule has 7 nitrogen and oxygen atoms in total. The number of alkyl halides is 7. The van der Waals surface area contributed by atoms with E-state index in [1.54, 1.807) is 43.3 Å². The topological polar surface area (TPSA) is 88.1 Å². The van der Waals surface area contributed by atoms with Gasteiger partial charge in [0.2, 0.25) is 0 Å². The van der Waals surface area contributed by atoms with Crippen LogP contribution in [0.4, 0.5) is 41.2 Å². The fourth-order valence-corrected chi connectivity index (χ4v) is 3.90. The Balaban J connectivity index is 2.01. The number of urea groups is 1.